The molecule has 0 N–H and O–H groups in total. The van der Waals surface area contributed by atoms with Crippen LogP contribution in [0.25, 0.3) is 83.6 Å². The minimum absolute atomic E-state index is 0. The van der Waals surface area contributed by atoms with Gasteiger partial charge in [0.15, 0.2) is 0 Å². The van der Waals surface area contributed by atoms with E-state index in [4.69, 9.17) is 13.5 Å². The topological polar surface area (TPSA) is 43.9 Å². The summed E-state index contributed by atoms with van der Waals surface area (Å²) < 4.78 is 31.0. The Morgan fingerprint density at radius 1 is 0.688 bits per heavy atom. The standard InChI is InChI=1S/C46H39N2O.C13H12N.Ir/c1-27(2)34-23-30(29-15-8-7-9-16-29)24-35(28(3)4)43(34)48-41-22-13-12-21-40(41)47-45(48)33-19-14-18-32-37-25-39-36(26-42(37)49-44(32)33)31-17-10-11-20-38(31)46(39,5)6;1-10-3-6-12(7-4-10)13-8-5-11(2)9-14-13;/h7-18,20-28H,1-6H3;3-6,8-9H,1-2H3;/q2*-1;/i;2D3;. The van der Waals surface area contributed by atoms with E-state index in [1.807, 2.05) is 31.2 Å². The second-order valence-electron chi connectivity index (χ2n) is 17.9. The number of rotatable bonds is 6. The van der Waals surface area contributed by atoms with Gasteiger partial charge in [-0.2, -0.15) is 0 Å². The molecule has 0 unspecified atom stereocenters. The van der Waals surface area contributed by atoms with Crippen LogP contribution in [0, 0.1) is 25.9 Å². The van der Waals surface area contributed by atoms with Gasteiger partial charge in [0.1, 0.15) is 5.58 Å². The largest absolute Gasteiger partial charge is 0.501 e. The van der Waals surface area contributed by atoms with Gasteiger partial charge >= 0.3 is 0 Å². The zero-order chi connectivity index (χ0) is 46.1. The van der Waals surface area contributed by atoms with Gasteiger partial charge in [0.2, 0.25) is 0 Å². The monoisotopic (exact) mass is 1010 g/mol. The number of aromatic nitrogens is 3. The van der Waals surface area contributed by atoms with Crippen molar-refractivity contribution in [2.75, 3.05) is 0 Å². The average molecular weight is 1010 g/mol. The molecule has 4 nitrogen and oxygen atoms in total. The van der Waals surface area contributed by atoms with E-state index < -0.39 is 6.85 Å². The summed E-state index contributed by atoms with van der Waals surface area (Å²) in [7, 11) is 0. The smallest absolute Gasteiger partial charge is 0.121 e. The molecule has 0 aliphatic heterocycles. The molecule has 3 heterocycles. The summed E-state index contributed by atoms with van der Waals surface area (Å²) in [5.74, 6) is 1.41. The number of hydrogen-bond acceptors (Lipinski definition) is 3. The number of para-hydroxylation sites is 2. The average Bonchev–Trinajstić information content (AvgIpc) is 3.96. The molecule has 319 valence electrons. The Hall–Kier alpha value is -6.39. The van der Waals surface area contributed by atoms with Crippen LogP contribution in [-0.4, -0.2) is 14.5 Å². The molecule has 10 aromatic rings. The van der Waals surface area contributed by atoms with Gasteiger partial charge in [-0.15, -0.1) is 53.6 Å². The SMILES string of the molecule is CC(C)c1cc(-c2ccccc2)cc(C(C)C)c1-n1c(-c2[c-]ccc3c2oc2cc4c(cc23)C(C)(C)c2ccccc2-4)nc2ccccc21.[2H]C([2H])([2H])c1ccc(-c2[c-]cc(C)cc2)nc1.[Ir]. The van der Waals surface area contributed by atoms with Crippen molar-refractivity contribution in [3.05, 3.63) is 197 Å². The summed E-state index contributed by atoms with van der Waals surface area (Å²) in [4.78, 5) is 9.50. The molecule has 0 saturated carbocycles. The first-order valence-electron chi connectivity index (χ1n) is 23.4. The molecule has 1 radical (unpaired) electrons. The number of fused-ring (bicyclic) bond motifs is 7. The van der Waals surface area contributed by atoms with Crippen LogP contribution in [0.3, 0.4) is 0 Å². The second kappa shape index (κ2) is 17.0. The fraction of sp³-hybridized carbons (Fsp3) is 0.186. The maximum absolute atomic E-state index is 7.26. The van der Waals surface area contributed by atoms with Crippen molar-refractivity contribution in [2.45, 2.75) is 72.6 Å². The third-order valence-electron chi connectivity index (χ3n) is 12.7. The molecule has 0 spiro atoms. The minimum atomic E-state index is -2.09. The number of hydrogen-bond donors (Lipinski definition) is 0. The predicted octanol–water partition coefficient (Wildman–Crippen LogP) is 15.8. The summed E-state index contributed by atoms with van der Waals surface area (Å²) in [6, 6.07) is 57.3. The summed E-state index contributed by atoms with van der Waals surface area (Å²) in [6.07, 6.45) is 1.40. The molecule has 0 bridgehead atoms. The zero-order valence-electron chi connectivity index (χ0n) is 40.2. The van der Waals surface area contributed by atoms with Crippen LogP contribution in [0.1, 0.15) is 90.9 Å². The Balaban J connectivity index is 0.000000264. The first-order chi connectivity index (χ1) is 31.7. The van der Waals surface area contributed by atoms with Crippen LogP contribution in [0.5, 0.6) is 0 Å². The van der Waals surface area contributed by atoms with Gasteiger partial charge in [-0.05, 0) is 111 Å². The van der Waals surface area contributed by atoms with E-state index >= 15 is 0 Å². The van der Waals surface area contributed by atoms with Crippen LogP contribution in [0.4, 0.5) is 0 Å². The Morgan fingerprint density at radius 2 is 1.41 bits per heavy atom. The summed E-state index contributed by atoms with van der Waals surface area (Å²) in [5.41, 5.74) is 19.0. The molecule has 5 heteroatoms. The second-order valence-corrected chi connectivity index (χ2v) is 17.9. The molecule has 0 amide bonds. The molecule has 0 atom stereocenters. The Kier molecular flexibility index (Phi) is 10.4. The van der Waals surface area contributed by atoms with E-state index in [1.54, 1.807) is 12.1 Å². The van der Waals surface area contributed by atoms with E-state index in [0.29, 0.717) is 0 Å². The van der Waals surface area contributed by atoms with Crippen LogP contribution < -0.4 is 0 Å². The van der Waals surface area contributed by atoms with E-state index in [9.17, 15) is 0 Å². The minimum Gasteiger partial charge on any atom is -0.501 e. The number of imidazole rings is 1. The molecule has 1 aliphatic rings. The van der Waals surface area contributed by atoms with E-state index in [2.05, 4.69) is 172 Å². The molecule has 7 aromatic carbocycles. The van der Waals surface area contributed by atoms with Crippen LogP contribution in [0.2, 0.25) is 0 Å². The zero-order valence-corrected chi connectivity index (χ0v) is 39.6. The van der Waals surface area contributed by atoms with Gasteiger partial charge in [0, 0.05) is 46.9 Å². The van der Waals surface area contributed by atoms with Gasteiger partial charge in [-0.25, -0.2) is 0 Å². The molecule has 1 aliphatic carbocycles. The molecule has 0 saturated heterocycles. The number of nitrogens with zero attached hydrogens (tertiary/aromatic N) is 3. The van der Waals surface area contributed by atoms with Gasteiger partial charge in [-0.3, -0.25) is 4.98 Å². The maximum Gasteiger partial charge on any atom is 0.121 e. The summed E-state index contributed by atoms with van der Waals surface area (Å²) in [6.45, 7) is 13.7. The quantitative estimate of drug-likeness (QED) is 0.156. The van der Waals surface area contributed by atoms with Crippen molar-refractivity contribution in [1.82, 2.24) is 14.5 Å². The van der Waals surface area contributed by atoms with E-state index in [0.717, 1.165) is 61.2 Å². The fourth-order valence-electron chi connectivity index (χ4n) is 9.35. The first kappa shape index (κ1) is 39.2. The fourth-order valence-corrected chi connectivity index (χ4v) is 9.35. The van der Waals surface area contributed by atoms with Crippen LogP contribution in [-0.2, 0) is 25.5 Å². The summed E-state index contributed by atoms with van der Waals surface area (Å²) >= 11 is 0. The van der Waals surface area contributed by atoms with Crippen molar-refractivity contribution in [3.63, 3.8) is 0 Å². The number of pyridine rings is 1. The maximum atomic E-state index is 7.26. The Morgan fingerprint density at radius 3 is 2.11 bits per heavy atom. The number of furan rings is 1. The first-order valence-corrected chi connectivity index (χ1v) is 21.9. The number of aryl methyl sites for hydroxylation is 2. The van der Waals surface area contributed by atoms with E-state index in [-0.39, 0.29) is 42.9 Å². The third-order valence-corrected chi connectivity index (χ3v) is 12.7. The Bertz CT molecular complexity index is 3410. The molecule has 11 rings (SSSR count). The predicted molar refractivity (Wildman–Crippen MR) is 262 cm³/mol. The van der Waals surface area contributed by atoms with Crippen molar-refractivity contribution in [2.24, 2.45) is 0 Å². The third kappa shape index (κ3) is 7.41. The molecule has 64 heavy (non-hydrogen) atoms. The molecule has 0 fully saturated rings. The normalized spacial score (nSPS) is 13.5. The van der Waals surface area contributed by atoms with Gasteiger partial charge in [-0.1, -0.05) is 138 Å². The van der Waals surface area contributed by atoms with Crippen LogP contribution in [0.15, 0.2) is 156 Å². The van der Waals surface area contributed by atoms with Gasteiger partial charge < -0.3 is 14.0 Å². The molecular formula is C59H51IrN3O-2. The Labute approximate surface area is 394 Å². The van der Waals surface area contributed by atoms with Crippen LogP contribution >= 0.6 is 0 Å². The van der Waals surface area contributed by atoms with Crippen molar-refractivity contribution in [1.29, 1.82) is 0 Å². The van der Waals surface area contributed by atoms with Gasteiger partial charge in [0.25, 0.3) is 0 Å². The van der Waals surface area contributed by atoms with E-state index in [1.165, 1.54) is 56.4 Å². The van der Waals surface area contributed by atoms with Crippen molar-refractivity contribution >= 4 is 33.0 Å². The molecular weight excluding hydrogens is 959 g/mol. The molecule has 3 aromatic heterocycles. The van der Waals surface area contributed by atoms with Crippen molar-refractivity contribution < 1.29 is 28.6 Å². The summed E-state index contributed by atoms with van der Waals surface area (Å²) in [5, 5.41) is 2.22. The number of benzene rings is 7. The van der Waals surface area contributed by atoms with Gasteiger partial charge in [0.05, 0.1) is 22.4 Å². The van der Waals surface area contributed by atoms with Crippen molar-refractivity contribution in [3.8, 4) is 50.6 Å².